The van der Waals surface area contributed by atoms with Crippen LogP contribution in [-0.2, 0) is 22.5 Å². The number of ether oxygens (including phenoxy) is 1. The van der Waals surface area contributed by atoms with Crippen LogP contribution in [0.2, 0.25) is 0 Å². The molecule has 2 rings (SSSR count). The van der Waals surface area contributed by atoms with Crippen LogP contribution in [0.25, 0.3) is 0 Å². The molecular formula is C16H23N5O3S2. The number of aromatic nitrogens is 4. The number of tetrazole rings is 1. The minimum Gasteiger partial charge on any atom is -0.462 e. The van der Waals surface area contributed by atoms with E-state index in [-0.39, 0.29) is 18.3 Å². The Kier molecular flexibility index (Phi) is 7.58. The normalized spacial score (nSPS) is 11.0. The summed E-state index contributed by atoms with van der Waals surface area (Å²) in [7, 11) is 0. The van der Waals surface area contributed by atoms with Gasteiger partial charge >= 0.3 is 5.97 Å². The molecule has 1 amide bonds. The second-order valence-corrected chi connectivity index (χ2v) is 7.98. The summed E-state index contributed by atoms with van der Waals surface area (Å²) in [5.41, 5.74) is 0.400. The average molecular weight is 398 g/mol. The van der Waals surface area contributed by atoms with Crippen molar-refractivity contribution >= 4 is 40.0 Å². The molecule has 0 saturated carbocycles. The molecule has 0 aliphatic heterocycles. The third-order valence-corrected chi connectivity index (χ3v) is 5.40. The van der Waals surface area contributed by atoms with Gasteiger partial charge in [0.25, 0.3) is 0 Å². The van der Waals surface area contributed by atoms with Crippen molar-refractivity contribution in [1.82, 2.24) is 20.2 Å². The molecule has 0 fully saturated rings. The SMILES string of the molecule is CCOC(=O)c1cc(CC)sc1NC(=O)CSc1nnnn1CC(C)C. The molecule has 0 saturated heterocycles. The maximum atomic E-state index is 12.3. The lowest BCUT2D eigenvalue weighted by Gasteiger charge is -2.07. The predicted molar refractivity (Wildman–Crippen MR) is 102 cm³/mol. The first-order chi connectivity index (χ1) is 12.4. The first kappa shape index (κ1) is 20.4. The van der Waals surface area contributed by atoms with Gasteiger partial charge in [-0.05, 0) is 35.8 Å². The van der Waals surface area contributed by atoms with E-state index in [9.17, 15) is 9.59 Å². The summed E-state index contributed by atoms with van der Waals surface area (Å²) in [6.45, 7) is 8.87. The number of anilines is 1. The second kappa shape index (κ2) is 9.67. The van der Waals surface area contributed by atoms with Gasteiger partial charge in [-0.2, -0.15) is 0 Å². The number of thiophene rings is 1. The largest absolute Gasteiger partial charge is 0.462 e. The van der Waals surface area contributed by atoms with Crippen molar-refractivity contribution in [3.63, 3.8) is 0 Å². The molecule has 0 atom stereocenters. The van der Waals surface area contributed by atoms with E-state index in [0.29, 0.717) is 28.2 Å². The molecule has 8 nitrogen and oxygen atoms in total. The van der Waals surface area contributed by atoms with Crippen LogP contribution in [-0.4, -0.2) is 44.4 Å². The molecule has 0 radical (unpaired) electrons. The zero-order chi connectivity index (χ0) is 19.1. The molecule has 10 heteroatoms. The Hall–Kier alpha value is -1.94. The molecule has 0 unspecified atom stereocenters. The smallest absolute Gasteiger partial charge is 0.341 e. The Balaban J connectivity index is 2.01. The van der Waals surface area contributed by atoms with Gasteiger partial charge in [0.1, 0.15) is 5.00 Å². The van der Waals surface area contributed by atoms with E-state index in [2.05, 4.69) is 34.7 Å². The second-order valence-electron chi connectivity index (χ2n) is 5.90. The fourth-order valence-corrected chi connectivity index (χ4v) is 3.81. The third kappa shape index (κ3) is 5.53. The molecular weight excluding hydrogens is 374 g/mol. The van der Waals surface area contributed by atoms with E-state index >= 15 is 0 Å². The molecule has 2 aromatic heterocycles. The highest BCUT2D eigenvalue weighted by molar-refractivity contribution is 7.99. The van der Waals surface area contributed by atoms with Crippen LogP contribution in [0.3, 0.4) is 0 Å². The van der Waals surface area contributed by atoms with E-state index in [1.807, 2.05) is 6.92 Å². The maximum absolute atomic E-state index is 12.3. The molecule has 2 aromatic rings. The molecule has 0 bridgehead atoms. The number of nitrogens with zero attached hydrogens (tertiary/aromatic N) is 4. The highest BCUT2D eigenvalue weighted by Gasteiger charge is 2.19. The van der Waals surface area contributed by atoms with Crippen LogP contribution in [0, 0.1) is 5.92 Å². The number of nitrogens with one attached hydrogen (secondary N) is 1. The summed E-state index contributed by atoms with van der Waals surface area (Å²) < 4.78 is 6.75. The zero-order valence-electron chi connectivity index (χ0n) is 15.3. The van der Waals surface area contributed by atoms with Gasteiger partial charge in [0, 0.05) is 11.4 Å². The lowest BCUT2D eigenvalue weighted by molar-refractivity contribution is -0.113. The Morgan fingerprint density at radius 1 is 1.38 bits per heavy atom. The van der Waals surface area contributed by atoms with E-state index in [4.69, 9.17) is 4.74 Å². The quantitative estimate of drug-likeness (QED) is 0.513. The third-order valence-electron chi connectivity index (χ3n) is 3.25. The molecule has 0 spiro atoms. The highest BCUT2D eigenvalue weighted by Crippen LogP contribution is 2.29. The number of thioether (sulfide) groups is 1. The number of aryl methyl sites for hydroxylation is 1. The van der Waals surface area contributed by atoms with Gasteiger partial charge in [0.15, 0.2) is 0 Å². The van der Waals surface area contributed by atoms with Crippen LogP contribution in [0.15, 0.2) is 11.2 Å². The number of rotatable bonds is 9. The highest BCUT2D eigenvalue weighted by atomic mass is 32.2. The summed E-state index contributed by atoms with van der Waals surface area (Å²) >= 11 is 2.65. The van der Waals surface area contributed by atoms with E-state index < -0.39 is 5.97 Å². The standard InChI is InChI=1S/C16H23N5O3S2/c1-5-11-7-12(15(23)24-6-2)14(26-11)17-13(22)9-25-16-18-19-20-21(16)8-10(3)4/h7,10H,5-6,8-9H2,1-4H3,(H,17,22). The van der Waals surface area contributed by atoms with Crippen molar-refractivity contribution in [2.75, 3.05) is 17.7 Å². The summed E-state index contributed by atoms with van der Waals surface area (Å²) in [4.78, 5) is 25.4. The van der Waals surface area contributed by atoms with Crippen molar-refractivity contribution < 1.29 is 14.3 Å². The van der Waals surface area contributed by atoms with Crippen LogP contribution in [0.5, 0.6) is 0 Å². The van der Waals surface area contributed by atoms with Crippen molar-refractivity contribution in [3.05, 3.63) is 16.5 Å². The molecule has 26 heavy (non-hydrogen) atoms. The maximum Gasteiger partial charge on any atom is 0.341 e. The summed E-state index contributed by atoms with van der Waals surface area (Å²) in [5.74, 6) is -0.0890. The Labute approximate surface area is 160 Å². The number of esters is 1. The predicted octanol–water partition coefficient (Wildman–Crippen LogP) is 2.86. The van der Waals surface area contributed by atoms with Gasteiger partial charge in [-0.15, -0.1) is 16.4 Å². The van der Waals surface area contributed by atoms with E-state index in [1.54, 1.807) is 17.7 Å². The first-order valence-electron chi connectivity index (χ1n) is 8.43. The number of amides is 1. The lowest BCUT2D eigenvalue weighted by atomic mass is 10.2. The van der Waals surface area contributed by atoms with Gasteiger partial charge in [-0.3, -0.25) is 4.79 Å². The summed E-state index contributed by atoms with van der Waals surface area (Å²) in [5, 5.41) is 15.5. The van der Waals surface area contributed by atoms with Crippen LogP contribution >= 0.6 is 23.1 Å². The topological polar surface area (TPSA) is 99.0 Å². The number of carbonyl (C=O) groups excluding carboxylic acids is 2. The molecule has 2 heterocycles. The molecule has 0 aliphatic rings. The number of hydrogen-bond donors (Lipinski definition) is 1. The molecule has 142 valence electrons. The van der Waals surface area contributed by atoms with Crippen molar-refractivity contribution in [1.29, 1.82) is 0 Å². The van der Waals surface area contributed by atoms with Gasteiger partial charge < -0.3 is 10.1 Å². The van der Waals surface area contributed by atoms with Crippen molar-refractivity contribution in [2.24, 2.45) is 5.92 Å². The molecule has 1 N–H and O–H groups in total. The van der Waals surface area contributed by atoms with Crippen LogP contribution in [0.4, 0.5) is 5.00 Å². The Morgan fingerprint density at radius 2 is 2.15 bits per heavy atom. The summed E-state index contributed by atoms with van der Waals surface area (Å²) in [6.07, 6.45) is 0.783. The monoisotopic (exact) mass is 397 g/mol. The van der Waals surface area contributed by atoms with E-state index in [0.717, 1.165) is 11.3 Å². The zero-order valence-corrected chi connectivity index (χ0v) is 16.9. The van der Waals surface area contributed by atoms with Gasteiger partial charge in [-0.25, -0.2) is 9.48 Å². The Bertz CT molecular complexity index is 757. The first-order valence-corrected chi connectivity index (χ1v) is 10.2. The fraction of sp³-hybridized carbons (Fsp3) is 0.562. The number of hydrogen-bond acceptors (Lipinski definition) is 8. The molecule has 0 aliphatic carbocycles. The Morgan fingerprint density at radius 3 is 2.81 bits per heavy atom. The lowest BCUT2D eigenvalue weighted by Crippen LogP contribution is -2.16. The minimum atomic E-state index is -0.424. The average Bonchev–Trinajstić information content (AvgIpc) is 3.19. The minimum absolute atomic E-state index is 0.153. The van der Waals surface area contributed by atoms with E-state index in [1.165, 1.54) is 23.1 Å². The van der Waals surface area contributed by atoms with Gasteiger partial charge in [0.2, 0.25) is 11.1 Å². The van der Waals surface area contributed by atoms with Crippen LogP contribution in [0.1, 0.15) is 42.9 Å². The van der Waals surface area contributed by atoms with Crippen molar-refractivity contribution in [3.8, 4) is 0 Å². The molecule has 0 aromatic carbocycles. The van der Waals surface area contributed by atoms with Gasteiger partial charge in [-0.1, -0.05) is 32.5 Å². The number of carbonyl (C=O) groups is 2. The van der Waals surface area contributed by atoms with Crippen LogP contribution < -0.4 is 5.32 Å². The fourth-order valence-electron chi connectivity index (χ4n) is 2.12. The van der Waals surface area contributed by atoms with Crippen molar-refractivity contribution in [2.45, 2.75) is 45.8 Å². The summed E-state index contributed by atoms with van der Waals surface area (Å²) in [6, 6.07) is 1.77. The van der Waals surface area contributed by atoms with Gasteiger partial charge in [0.05, 0.1) is 17.9 Å².